The first-order chi connectivity index (χ1) is 9.44. The number of carbonyl (C=O) groups excluding carboxylic acids is 1. The smallest absolute Gasteiger partial charge is 0.237 e. The van der Waals surface area contributed by atoms with Gasteiger partial charge in [0, 0.05) is 12.1 Å². The van der Waals surface area contributed by atoms with E-state index in [0.29, 0.717) is 12.1 Å². The van der Waals surface area contributed by atoms with Crippen molar-refractivity contribution < 1.29 is 4.79 Å². The minimum absolute atomic E-state index is 0.245. The largest absolute Gasteiger partial charge is 0.368 e. The lowest BCUT2D eigenvalue weighted by atomic mass is 9.88. The van der Waals surface area contributed by atoms with Crippen LogP contribution in [0.5, 0.6) is 0 Å². The van der Waals surface area contributed by atoms with Crippen molar-refractivity contribution in [2.75, 3.05) is 13.1 Å². The first kappa shape index (κ1) is 17.4. The number of amides is 1. The topological polar surface area (TPSA) is 58.4 Å². The average molecular weight is 283 g/mol. The summed E-state index contributed by atoms with van der Waals surface area (Å²) in [6.45, 7) is 10.2. The van der Waals surface area contributed by atoms with Crippen molar-refractivity contribution in [3.05, 3.63) is 0 Å². The molecular weight excluding hydrogens is 250 g/mol. The third-order valence-electron chi connectivity index (χ3n) is 4.79. The quantitative estimate of drug-likeness (QED) is 0.718. The molecule has 20 heavy (non-hydrogen) atoms. The Morgan fingerprint density at radius 1 is 1.35 bits per heavy atom. The molecule has 1 rings (SSSR count). The van der Waals surface area contributed by atoms with Crippen LogP contribution in [0, 0.1) is 0 Å². The van der Waals surface area contributed by atoms with Gasteiger partial charge in [0.05, 0.1) is 5.54 Å². The predicted octanol–water partition coefficient (Wildman–Crippen LogP) is 2.27. The molecule has 0 aromatic carbocycles. The van der Waals surface area contributed by atoms with Gasteiger partial charge in [-0.1, -0.05) is 33.1 Å². The fourth-order valence-electron chi connectivity index (χ4n) is 3.70. The SMILES string of the molecule is CCNC(C)(CC(C)N(CC)C1CCCCC1)C(N)=O. The zero-order chi connectivity index (χ0) is 15.2. The van der Waals surface area contributed by atoms with Crippen LogP contribution in [0.1, 0.15) is 66.2 Å². The van der Waals surface area contributed by atoms with Crippen LogP contribution in [0.4, 0.5) is 0 Å². The van der Waals surface area contributed by atoms with Crippen LogP contribution in [0.3, 0.4) is 0 Å². The number of nitrogens with one attached hydrogen (secondary N) is 1. The van der Waals surface area contributed by atoms with Gasteiger partial charge in [-0.3, -0.25) is 9.69 Å². The highest BCUT2D eigenvalue weighted by Gasteiger charge is 2.35. The molecule has 0 saturated heterocycles. The number of hydrogen-bond acceptors (Lipinski definition) is 3. The third-order valence-corrected chi connectivity index (χ3v) is 4.79. The van der Waals surface area contributed by atoms with Crippen molar-refractivity contribution in [2.45, 2.75) is 83.8 Å². The van der Waals surface area contributed by atoms with Gasteiger partial charge in [-0.05, 0) is 46.2 Å². The van der Waals surface area contributed by atoms with Crippen LogP contribution in [0.15, 0.2) is 0 Å². The zero-order valence-corrected chi connectivity index (χ0v) is 13.7. The summed E-state index contributed by atoms with van der Waals surface area (Å²) in [7, 11) is 0. The Morgan fingerprint density at radius 2 is 1.95 bits per heavy atom. The fraction of sp³-hybridized carbons (Fsp3) is 0.938. The summed E-state index contributed by atoms with van der Waals surface area (Å²) in [6.07, 6.45) is 7.43. The summed E-state index contributed by atoms with van der Waals surface area (Å²) in [4.78, 5) is 14.3. The highest BCUT2D eigenvalue weighted by atomic mass is 16.1. The Balaban J connectivity index is 2.69. The van der Waals surface area contributed by atoms with Crippen LogP contribution in [0.25, 0.3) is 0 Å². The number of nitrogens with zero attached hydrogens (tertiary/aromatic N) is 1. The van der Waals surface area contributed by atoms with Crippen molar-refractivity contribution in [1.82, 2.24) is 10.2 Å². The predicted molar refractivity (Wildman–Crippen MR) is 84.6 cm³/mol. The molecule has 4 nitrogen and oxygen atoms in total. The molecule has 2 unspecified atom stereocenters. The molecule has 0 aliphatic heterocycles. The first-order valence-electron chi connectivity index (χ1n) is 8.25. The van der Waals surface area contributed by atoms with Gasteiger partial charge in [-0.2, -0.15) is 0 Å². The molecule has 2 atom stereocenters. The van der Waals surface area contributed by atoms with Gasteiger partial charge in [-0.25, -0.2) is 0 Å². The summed E-state index contributed by atoms with van der Waals surface area (Å²) in [6, 6.07) is 1.06. The maximum absolute atomic E-state index is 11.8. The summed E-state index contributed by atoms with van der Waals surface area (Å²) in [5.74, 6) is -0.245. The summed E-state index contributed by atoms with van der Waals surface area (Å²) >= 11 is 0. The Hall–Kier alpha value is -0.610. The van der Waals surface area contributed by atoms with E-state index in [1.165, 1.54) is 32.1 Å². The zero-order valence-electron chi connectivity index (χ0n) is 13.7. The highest BCUT2D eigenvalue weighted by Crippen LogP contribution is 2.26. The van der Waals surface area contributed by atoms with Crippen molar-refractivity contribution in [1.29, 1.82) is 0 Å². The van der Waals surface area contributed by atoms with Crippen molar-refractivity contribution in [3.8, 4) is 0 Å². The number of hydrogen-bond donors (Lipinski definition) is 2. The number of nitrogens with two attached hydrogens (primary N) is 1. The third kappa shape index (κ3) is 4.45. The van der Waals surface area contributed by atoms with Gasteiger partial charge >= 0.3 is 0 Å². The van der Waals surface area contributed by atoms with Crippen LogP contribution in [-0.2, 0) is 4.79 Å². The van der Waals surface area contributed by atoms with E-state index in [4.69, 9.17) is 5.73 Å². The molecule has 1 amide bonds. The van der Waals surface area contributed by atoms with Gasteiger partial charge < -0.3 is 11.1 Å². The van der Waals surface area contributed by atoms with Crippen molar-refractivity contribution >= 4 is 5.91 Å². The van der Waals surface area contributed by atoms with Gasteiger partial charge in [0.1, 0.15) is 0 Å². The lowest BCUT2D eigenvalue weighted by Gasteiger charge is -2.41. The molecule has 0 aromatic rings. The molecule has 118 valence electrons. The molecule has 0 heterocycles. The summed E-state index contributed by atoms with van der Waals surface area (Å²) in [5.41, 5.74) is 5.00. The summed E-state index contributed by atoms with van der Waals surface area (Å²) in [5, 5.41) is 3.27. The fourth-order valence-corrected chi connectivity index (χ4v) is 3.70. The standard InChI is InChI=1S/C16H33N3O/c1-5-18-16(4,15(17)20)12-13(3)19(6-2)14-10-8-7-9-11-14/h13-14,18H,5-12H2,1-4H3,(H2,17,20). The lowest BCUT2D eigenvalue weighted by molar-refractivity contribution is -0.124. The minimum Gasteiger partial charge on any atom is -0.368 e. The van der Waals surface area contributed by atoms with E-state index in [1.807, 2.05) is 13.8 Å². The van der Waals surface area contributed by atoms with E-state index >= 15 is 0 Å². The van der Waals surface area contributed by atoms with E-state index in [-0.39, 0.29) is 5.91 Å². The number of rotatable bonds is 8. The van der Waals surface area contributed by atoms with Gasteiger partial charge in [0.15, 0.2) is 0 Å². The molecule has 1 aliphatic rings. The van der Waals surface area contributed by atoms with Crippen molar-refractivity contribution in [3.63, 3.8) is 0 Å². The molecule has 0 aromatic heterocycles. The molecule has 0 bridgehead atoms. The van der Waals surface area contributed by atoms with Crippen molar-refractivity contribution in [2.24, 2.45) is 5.73 Å². The average Bonchev–Trinajstić information content (AvgIpc) is 2.40. The Bertz CT molecular complexity index is 302. The van der Waals surface area contributed by atoms with E-state index in [9.17, 15) is 4.79 Å². The Morgan fingerprint density at radius 3 is 2.40 bits per heavy atom. The molecule has 1 saturated carbocycles. The van der Waals surface area contributed by atoms with Gasteiger partial charge in [0.25, 0.3) is 0 Å². The Kier molecular flexibility index (Phi) is 6.96. The van der Waals surface area contributed by atoms with Gasteiger partial charge in [0.2, 0.25) is 5.91 Å². The number of likely N-dealkylation sites (N-methyl/N-ethyl adjacent to an activating group) is 1. The van der Waals surface area contributed by atoms with Crippen LogP contribution < -0.4 is 11.1 Å². The maximum atomic E-state index is 11.8. The Labute approximate surface area is 124 Å². The summed E-state index contributed by atoms with van der Waals surface area (Å²) < 4.78 is 0. The monoisotopic (exact) mass is 283 g/mol. The highest BCUT2D eigenvalue weighted by molar-refractivity contribution is 5.84. The second-order valence-corrected chi connectivity index (χ2v) is 6.40. The number of primary amides is 1. The van der Waals surface area contributed by atoms with E-state index < -0.39 is 5.54 Å². The van der Waals surface area contributed by atoms with Crippen LogP contribution in [-0.4, -0.2) is 41.5 Å². The maximum Gasteiger partial charge on any atom is 0.237 e. The second kappa shape index (κ2) is 7.99. The molecule has 0 spiro atoms. The van der Waals surface area contributed by atoms with Crippen LogP contribution >= 0.6 is 0 Å². The first-order valence-corrected chi connectivity index (χ1v) is 8.25. The van der Waals surface area contributed by atoms with E-state index in [1.54, 1.807) is 0 Å². The normalized spacial score (nSPS) is 21.6. The molecular formula is C16H33N3O. The van der Waals surface area contributed by atoms with Crippen LogP contribution in [0.2, 0.25) is 0 Å². The van der Waals surface area contributed by atoms with E-state index in [2.05, 4.69) is 24.1 Å². The molecule has 0 radical (unpaired) electrons. The van der Waals surface area contributed by atoms with E-state index in [0.717, 1.165) is 19.5 Å². The molecule has 4 heteroatoms. The molecule has 1 fully saturated rings. The van der Waals surface area contributed by atoms with Gasteiger partial charge in [-0.15, -0.1) is 0 Å². The lowest BCUT2D eigenvalue weighted by Crippen LogP contribution is -2.57. The molecule has 3 N–H and O–H groups in total. The minimum atomic E-state index is -0.601. The molecule has 1 aliphatic carbocycles. The second-order valence-electron chi connectivity index (χ2n) is 6.40. The number of carbonyl (C=O) groups is 1.